The van der Waals surface area contributed by atoms with Crippen LogP contribution in [0.3, 0.4) is 0 Å². The summed E-state index contributed by atoms with van der Waals surface area (Å²) >= 11 is 0. The van der Waals surface area contributed by atoms with Crippen molar-refractivity contribution in [3.63, 3.8) is 0 Å². The van der Waals surface area contributed by atoms with E-state index in [4.69, 9.17) is 5.10 Å². The Labute approximate surface area is 143 Å². The van der Waals surface area contributed by atoms with Crippen molar-refractivity contribution in [3.8, 4) is 0 Å². The zero-order chi connectivity index (χ0) is 17.5. The van der Waals surface area contributed by atoms with Gasteiger partial charge in [0.25, 0.3) is 0 Å². The molecule has 3 heterocycles. The number of aliphatic hydroxyl groups is 1. The molecule has 7 nitrogen and oxygen atoms in total. The number of nitrogens with zero attached hydrogens (tertiary/aromatic N) is 5. The highest BCUT2D eigenvalue weighted by molar-refractivity contribution is 5.25. The van der Waals surface area contributed by atoms with E-state index in [0.717, 1.165) is 31.6 Å². The zero-order valence-electron chi connectivity index (χ0n) is 15.3. The number of β-amino-alcohol motifs (C(OH)–C–C–N with tert-alkyl or cyclic N) is 1. The third kappa shape index (κ3) is 3.10. The molecule has 0 amide bonds. The number of H-pyrrole nitrogens is 1. The van der Waals surface area contributed by atoms with E-state index in [1.807, 2.05) is 0 Å². The predicted octanol–water partition coefficient (Wildman–Crippen LogP) is 1.86. The first-order valence-electron chi connectivity index (χ1n) is 8.57. The van der Waals surface area contributed by atoms with Crippen molar-refractivity contribution < 1.29 is 5.11 Å². The molecule has 24 heavy (non-hydrogen) atoms. The molecule has 1 fully saturated rings. The van der Waals surface area contributed by atoms with E-state index in [1.54, 1.807) is 6.20 Å². The second-order valence-electron chi connectivity index (χ2n) is 7.93. The minimum absolute atomic E-state index is 0.0313. The number of aromatic amines is 1. The van der Waals surface area contributed by atoms with Gasteiger partial charge in [0.1, 0.15) is 11.3 Å². The van der Waals surface area contributed by atoms with E-state index in [-0.39, 0.29) is 5.54 Å². The Hall–Kier alpha value is -1.73. The van der Waals surface area contributed by atoms with Gasteiger partial charge in [-0.25, -0.2) is 0 Å². The number of likely N-dealkylation sites (tertiary alicyclic amines) is 1. The second-order valence-corrected chi connectivity index (χ2v) is 7.93. The summed E-state index contributed by atoms with van der Waals surface area (Å²) in [6.07, 6.45) is 3.28. The quantitative estimate of drug-likeness (QED) is 0.896. The molecular formula is C17H28N6O. The first kappa shape index (κ1) is 17.1. The van der Waals surface area contributed by atoms with Gasteiger partial charge in [-0.2, -0.15) is 20.5 Å². The smallest absolute Gasteiger partial charge is 0.123 e. The summed E-state index contributed by atoms with van der Waals surface area (Å²) in [4.78, 5) is 2.29. The zero-order valence-corrected chi connectivity index (χ0v) is 15.3. The Kier molecular flexibility index (Phi) is 4.25. The molecule has 132 valence electrons. The topological polar surface area (TPSA) is 82.9 Å². The van der Waals surface area contributed by atoms with Crippen LogP contribution in [0.15, 0.2) is 6.20 Å². The largest absolute Gasteiger partial charge is 0.382 e. The third-order valence-corrected chi connectivity index (χ3v) is 4.90. The van der Waals surface area contributed by atoms with Gasteiger partial charge in [-0.1, -0.05) is 0 Å². The fourth-order valence-electron chi connectivity index (χ4n) is 3.67. The van der Waals surface area contributed by atoms with Crippen molar-refractivity contribution in [2.45, 2.75) is 65.1 Å². The second kappa shape index (κ2) is 5.97. The molecule has 1 atom stereocenters. The molecular weight excluding hydrogens is 304 g/mol. The number of aryl methyl sites for hydroxylation is 1. The molecule has 2 aromatic rings. The van der Waals surface area contributed by atoms with Crippen molar-refractivity contribution in [1.82, 2.24) is 30.1 Å². The molecule has 0 spiro atoms. The summed E-state index contributed by atoms with van der Waals surface area (Å²) < 4.78 is 2.10. The van der Waals surface area contributed by atoms with E-state index in [2.05, 4.69) is 59.6 Å². The molecule has 1 aliphatic heterocycles. The van der Waals surface area contributed by atoms with Crippen molar-refractivity contribution in [2.75, 3.05) is 13.1 Å². The molecule has 0 aromatic carbocycles. The summed E-state index contributed by atoms with van der Waals surface area (Å²) in [7, 11) is 0. The lowest BCUT2D eigenvalue weighted by atomic mass is 9.89. The first-order chi connectivity index (χ1) is 11.2. The summed E-state index contributed by atoms with van der Waals surface area (Å²) in [5, 5.41) is 26.2. The van der Waals surface area contributed by atoms with Gasteiger partial charge in [-0.05, 0) is 54.0 Å². The average molecular weight is 332 g/mol. The maximum Gasteiger partial charge on any atom is 0.123 e. The molecule has 1 saturated heterocycles. The summed E-state index contributed by atoms with van der Waals surface area (Å²) in [6, 6.07) is 0. The van der Waals surface area contributed by atoms with Crippen LogP contribution >= 0.6 is 0 Å². The number of hydrogen-bond donors (Lipinski definition) is 2. The number of hydrogen-bond acceptors (Lipinski definition) is 5. The Balaban J connectivity index is 1.81. The number of rotatable bonds is 3. The Morgan fingerprint density at radius 1 is 1.33 bits per heavy atom. The van der Waals surface area contributed by atoms with Crippen LogP contribution in [0.4, 0.5) is 0 Å². The van der Waals surface area contributed by atoms with Crippen LogP contribution in [0.2, 0.25) is 0 Å². The lowest BCUT2D eigenvalue weighted by Crippen LogP contribution is -2.46. The lowest BCUT2D eigenvalue weighted by molar-refractivity contribution is -0.0415. The van der Waals surface area contributed by atoms with Crippen LogP contribution in [-0.2, 0) is 17.7 Å². The molecule has 1 aliphatic rings. The summed E-state index contributed by atoms with van der Waals surface area (Å²) in [5.74, 6) is 0. The van der Waals surface area contributed by atoms with Crippen molar-refractivity contribution >= 4 is 0 Å². The number of nitrogens with one attached hydrogen (secondary N) is 1. The molecule has 0 aliphatic carbocycles. The van der Waals surface area contributed by atoms with Crippen LogP contribution in [0, 0.1) is 13.8 Å². The molecule has 0 unspecified atom stereocenters. The fourth-order valence-corrected chi connectivity index (χ4v) is 3.67. The highest BCUT2D eigenvalue weighted by Gasteiger charge is 2.37. The van der Waals surface area contributed by atoms with Gasteiger partial charge in [0.05, 0.1) is 17.4 Å². The maximum atomic E-state index is 11.0. The maximum absolute atomic E-state index is 11.0. The molecule has 2 N–H and O–H groups in total. The SMILES string of the molecule is Cc1nn(C(C)(C)C)c(C)c1CN1CCC[C@@](O)(c2cn[nH]n2)C1. The highest BCUT2D eigenvalue weighted by atomic mass is 16.3. The van der Waals surface area contributed by atoms with E-state index >= 15 is 0 Å². The van der Waals surface area contributed by atoms with Crippen molar-refractivity contribution in [3.05, 3.63) is 28.8 Å². The minimum Gasteiger partial charge on any atom is -0.382 e. The van der Waals surface area contributed by atoms with Gasteiger partial charge in [-0.3, -0.25) is 9.58 Å². The Morgan fingerprint density at radius 3 is 2.67 bits per heavy atom. The van der Waals surface area contributed by atoms with Gasteiger partial charge >= 0.3 is 0 Å². The van der Waals surface area contributed by atoms with E-state index < -0.39 is 5.60 Å². The van der Waals surface area contributed by atoms with Gasteiger partial charge in [0.15, 0.2) is 0 Å². The normalized spacial score (nSPS) is 22.9. The fraction of sp³-hybridized carbons (Fsp3) is 0.706. The minimum atomic E-state index is -0.924. The van der Waals surface area contributed by atoms with Crippen LogP contribution in [0.1, 0.15) is 56.3 Å². The Bertz CT molecular complexity index is 699. The van der Waals surface area contributed by atoms with Gasteiger partial charge in [0, 0.05) is 24.3 Å². The van der Waals surface area contributed by atoms with Crippen LogP contribution < -0.4 is 0 Å². The van der Waals surface area contributed by atoms with Crippen LogP contribution in [0.25, 0.3) is 0 Å². The van der Waals surface area contributed by atoms with E-state index in [0.29, 0.717) is 12.2 Å². The molecule has 0 saturated carbocycles. The lowest BCUT2D eigenvalue weighted by Gasteiger charge is -2.38. The van der Waals surface area contributed by atoms with E-state index in [1.165, 1.54) is 11.3 Å². The van der Waals surface area contributed by atoms with Gasteiger partial charge in [0.2, 0.25) is 0 Å². The summed E-state index contributed by atoms with van der Waals surface area (Å²) in [5.41, 5.74) is 3.21. The van der Waals surface area contributed by atoms with Gasteiger partial charge in [-0.15, -0.1) is 0 Å². The number of aromatic nitrogens is 5. The molecule has 0 radical (unpaired) electrons. The molecule has 7 heteroatoms. The monoisotopic (exact) mass is 332 g/mol. The standard InChI is InChI=1S/C17H28N6O/c1-12-14(13(2)23(20-12)16(3,4)5)10-22-8-6-7-17(24,11-22)15-9-18-21-19-15/h9,24H,6-8,10-11H2,1-5H3,(H,18,19,21)/t17-/m0/s1. The average Bonchev–Trinajstić information content (AvgIpc) is 3.11. The van der Waals surface area contributed by atoms with Crippen LogP contribution in [-0.4, -0.2) is 48.3 Å². The van der Waals surface area contributed by atoms with Crippen molar-refractivity contribution in [1.29, 1.82) is 0 Å². The first-order valence-corrected chi connectivity index (χ1v) is 8.57. The van der Waals surface area contributed by atoms with E-state index in [9.17, 15) is 5.11 Å². The molecule has 0 bridgehead atoms. The molecule has 3 rings (SSSR count). The number of piperidine rings is 1. The summed E-state index contributed by atoms with van der Waals surface area (Å²) in [6.45, 7) is 13.0. The molecule has 2 aromatic heterocycles. The predicted molar refractivity (Wildman–Crippen MR) is 91.5 cm³/mol. The van der Waals surface area contributed by atoms with Crippen LogP contribution in [0.5, 0.6) is 0 Å². The third-order valence-electron chi connectivity index (χ3n) is 4.90. The van der Waals surface area contributed by atoms with Crippen molar-refractivity contribution in [2.24, 2.45) is 0 Å². The highest BCUT2D eigenvalue weighted by Crippen LogP contribution is 2.31. The van der Waals surface area contributed by atoms with Gasteiger partial charge < -0.3 is 5.11 Å². The Morgan fingerprint density at radius 2 is 2.08 bits per heavy atom.